The van der Waals surface area contributed by atoms with Crippen molar-refractivity contribution >= 4 is 15.9 Å². The van der Waals surface area contributed by atoms with E-state index in [0.29, 0.717) is 6.42 Å². The molecule has 0 amide bonds. The maximum atomic E-state index is 9.75. The highest BCUT2D eigenvalue weighted by Gasteiger charge is 2.35. The van der Waals surface area contributed by atoms with E-state index in [0.717, 1.165) is 29.5 Å². The Bertz CT molecular complexity index is 384. The van der Waals surface area contributed by atoms with Crippen LogP contribution in [0.2, 0.25) is 0 Å². The molecule has 1 fully saturated rings. The largest absolute Gasteiger partial charge is 0.395 e. The quantitative estimate of drug-likeness (QED) is 0.876. The molecule has 4 heteroatoms. The first-order valence-corrected chi connectivity index (χ1v) is 7.09. The lowest BCUT2D eigenvalue weighted by molar-refractivity contribution is 0.0389. The lowest BCUT2D eigenvalue weighted by Crippen LogP contribution is -2.38. The van der Waals surface area contributed by atoms with Gasteiger partial charge in [0.2, 0.25) is 0 Å². The number of rotatable bonds is 5. The third-order valence-electron chi connectivity index (χ3n) is 3.68. The molecule has 2 rings (SSSR count). The standard InChI is InChI=1S/C14H19BrO3/c15-12-4-1-3-11(7-12)14(9-16,10-17)8-13-5-2-6-18-13/h1,3-4,7,13,16-17H,2,5-6,8-10H2. The molecule has 18 heavy (non-hydrogen) atoms. The van der Waals surface area contributed by atoms with Crippen LogP contribution in [0, 0.1) is 0 Å². The van der Waals surface area contributed by atoms with Gasteiger partial charge >= 0.3 is 0 Å². The summed E-state index contributed by atoms with van der Waals surface area (Å²) in [6.07, 6.45) is 2.88. The van der Waals surface area contributed by atoms with Crippen LogP contribution in [0.4, 0.5) is 0 Å². The Morgan fingerprint density at radius 2 is 2.11 bits per heavy atom. The summed E-state index contributed by atoms with van der Waals surface area (Å²) in [6, 6.07) is 7.78. The first-order valence-electron chi connectivity index (χ1n) is 6.29. The third-order valence-corrected chi connectivity index (χ3v) is 4.18. The van der Waals surface area contributed by atoms with Crippen molar-refractivity contribution in [2.24, 2.45) is 0 Å². The molecule has 1 aliphatic rings. The molecule has 1 aromatic rings. The number of ether oxygens (including phenoxy) is 1. The van der Waals surface area contributed by atoms with Crippen LogP contribution in [0.1, 0.15) is 24.8 Å². The monoisotopic (exact) mass is 314 g/mol. The molecule has 0 aromatic heterocycles. The van der Waals surface area contributed by atoms with Crippen molar-refractivity contribution in [3.63, 3.8) is 0 Å². The first-order chi connectivity index (χ1) is 8.70. The van der Waals surface area contributed by atoms with Gasteiger partial charge in [-0.15, -0.1) is 0 Å². The first kappa shape index (κ1) is 14.0. The van der Waals surface area contributed by atoms with Gasteiger partial charge in [-0.05, 0) is 37.0 Å². The molecule has 1 aromatic carbocycles. The molecule has 0 bridgehead atoms. The second kappa shape index (κ2) is 6.15. The molecule has 0 spiro atoms. The molecule has 1 heterocycles. The Labute approximate surface area is 116 Å². The Morgan fingerprint density at radius 1 is 1.33 bits per heavy atom. The van der Waals surface area contributed by atoms with E-state index in [-0.39, 0.29) is 19.3 Å². The van der Waals surface area contributed by atoms with E-state index in [1.807, 2.05) is 24.3 Å². The van der Waals surface area contributed by atoms with Crippen LogP contribution in [0.3, 0.4) is 0 Å². The second-order valence-corrected chi connectivity index (χ2v) is 5.86. The van der Waals surface area contributed by atoms with Crippen molar-refractivity contribution in [2.75, 3.05) is 19.8 Å². The van der Waals surface area contributed by atoms with E-state index in [1.54, 1.807) is 0 Å². The predicted octanol–water partition coefficient (Wildman–Crippen LogP) is 2.24. The number of halogens is 1. The number of aliphatic hydroxyl groups excluding tert-OH is 2. The van der Waals surface area contributed by atoms with Gasteiger partial charge in [0.15, 0.2) is 0 Å². The zero-order valence-electron chi connectivity index (χ0n) is 10.3. The summed E-state index contributed by atoms with van der Waals surface area (Å²) >= 11 is 3.43. The summed E-state index contributed by atoms with van der Waals surface area (Å²) in [5.41, 5.74) is 0.344. The van der Waals surface area contributed by atoms with E-state index < -0.39 is 5.41 Å². The summed E-state index contributed by atoms with van der Waals surface area (Å²) in [4.78, 5) is 0. The fourth-order valence-corrected chi connectivity index (χ4v) is 2.94. The van der Waals surface area contributed by atoms with Crippen LogP contribution in [0.5, 0.6) is 0 Å². The highest BCUT2D eigenvalue weighted by molar-refractivity contribution is 9.10. The predicted molar refractivity (Wildman–Crippen MR) is 73.6 cm³/mol. The molecule has 3 nitrogen and oxygen atoms in total. The van der Waals surface area contributed by atoms with Gasteiger partial charge in [-0.2, -0.15) is 0 Å². The van der Waals surface area contributed by atoms with Gasteiger partial charge in [0, 0.05) is 16.5 Å². The molecule has 100 valence electrons. The zero-order valence-corrected chi connectivity index (χ0v) is 11.9. The Morgan fingerprint density at radius 3 is 2.67 bits per heavy atom. The normalized spacial score (nSPS) is 20.3. The van der Waals surface area contributed by atoms with Gasteiger partial charge in [0.25, 0.3) is 0 Å². The van der Waals surface area contributed by atoms with E-state index >= 15 is 0 Å². The number of aliphatic hydroxyl groups is 2. The Kier molecular flexibility index (Phi) is 4.78. The van der Waals surface area contributed by atoms with Crippen molar-refractivity contribution < 1.29 is 14.9 Å². The van der Waals surface area contributed by atoms with E-state index in [9.17, 15) is 10.2 Å². The van der Waals surface area contributed by atoms with Gasteiger partial charge in [0.1, 0.15) is 0 Å². The third kappa shape index (κ3) is 2.94. The fourth-order valence-electron chi connectivity index (χ4n) is 2.54. The van der Waals surface area contributed by atoms with Crippen molar-refractivity contribution in [3.8, 4) is 0 Å². The Balaban J connectivity index is 2.24. The molecule has 1 saturated heterocycles. The fraction of sp³-hybridized carbons (Fsp3) is 0.571. The van der Waals surface area contributed by atoms with Crippen molar-refractivity contribution in [2.45, 2.75) is 30.8 Å². The molecule has 1 unspecified atom stereocenters. The zero-order chi connectivity index (χ0) is 13.0. The van der Waals surface area contributed by atoms with Gasteiger partial charge in [0.05, 0.1) is 19.3 Å². The van der Waals surface area contributed by atoms with Crippen molar-refractivity contribution in [1.82, 2.24) is 0 Å². The number of hydrogen-bond donors (Lipinski definition) is 2. The second-order valence-electron chi connectivity index (χ2n) is 4.95. The van der Waals surface area contributed by atoms with Crippen LogP contribution in [0.15, 0.2) is 28.7 Å². The topological polar surface area (TPSA) is 49.7 Å². The number of hydrogen-bond acceptors (Lipinski definition) is 3. The minimum Gasteiger partial charge on any atom is -0.395 e. The maximum absolute atomic E-state index is 9.75. The molecule has 1 atom stereocenters. The summed E-state index contributed by atoms with van der Waals surface area (Å²) in [6.45, 7) is 0.649. The van der Waals surface area contributed by atoms with Crippen LogP contribution in [-0.2, 0) is 10.2 Å². The molecule has 2 N–H and O–H groups in total. The van der Waals surface area contributed by atoms with Crippen LogP contribution >= 0.6 is 15.9 Å². The van der Waals surface area contributed by atoms with Gasteiger partial charge in [-0.25, -0.2) is 0 Å². The average Bonchev–Trinajstić information content (AvgIpc) is 2.89. The highest BCUT2D eigenvalue weighted by atomic mass is 79.9. The van der Waals surface area contributed by atoms with Gasteiger partial charge in [-0.1, -0.05) is 28.1 Å². The van der Waals surface area contributed by atoms with Gasteiger partial charge < -0.3 is 14.9 Å². The molecule has 0 saturated carbocycles. The summed E-state index contributed by atoms with van der Waals surface area (Å²) in [7, 11) is 0. The van der Waals surface area contributed by atoms with Crippen molar-refractivity contribution in [1.29, 1.82) is 0 Å². The average molecular weight is 315 g/mol. The summed E-state index contributed by atoms with van der Waals surface area (Å²) in [5, 5.41) is 19.5. The Hall–Kier alpha value is -0.420. The van der Waals surface area contributed by atoms with Crippen molar-refractivity contribution in [3.05, 3.63) is 34.3 Å². The van der Waals surface area contributed by atoms with E-state index in [2.05, 4.69) is 15.9 Å². The van der Waals surface area contributed by atoms with E-state index in [4.69, 9.17) is 4.74 Å². The van der Waals surface area contributed by atoms with Gasteiger partial charge in [-0.3, -0.25) is 0 Å². The summed E-state index contributed by atoms with van der Waals surface area (Å²) < 4.78 is 6.59. The van der Waals surface area contributed by atoms with Crippen LogP contribution in [-0.4, -0.2) is 36.1 Å². The maximum Gasteiger partial charge on any atom is 0.0586 e. The minimum atomic E-state index is -0.612. The van der Waals surface area contributed by atoms with Crippen LogP contribution in [0.25, 0.3) is 0 Å². The highest BCUT2D eigenvalue weighted by Crippen LogP contribution is 2.33. The smallest absolute Gasteiger partial charge is 0.0586 e. The SMILES string of the molecule is OCC(CO)(CC1CCCO1)c1cccc(Br)c1. The lowest BCUT2D eigenvalue weighted by atomic mass is 9.77. The molecule has 1 aliphatic heterocycles. The molecule has 0 aliphatic carbocycles. The van der Waals surface area contributed by atoms with E-state index in [1.165, 1.54) is 0 Å². The summed E-state index contributed by atoms with van der Waals surface area (Å²) in [5.74, 6) is 0. The lowest BCUT2D eigenvalue weighted by Gasteiger charge is -2.32. The molecular weight excluding hydrogens is 296 g/mol. The number of benzene rings is 1. The molecular formula is C14H19BrO3. The minimum absolute atomic E-state index is 0.0696. The molecule has 0 radical (unpaired) electrons. The van der Waals surface area contributed by atoms with Crippen LogP contribution < -0.4 is 0 Å².